The second-order valence-corrected chi connectivity index (χ2v) is 4.18. The molecule has 0 saturated heterocycles. The Morgan fingerprint density at radius 3 is 2.68 bits per heavy atom. The second-order valence-electron chi connectivity index (χ2n) is 4.18. The summed E-state index contributed by atoms with van der Waals surface area (Å²) in [6.45, 7) is 0. The molecule has 2 rings (SSSR count). The molecular formula is C12H13N3O4. The van der Waals surface area contributed by atoms with Crippen molar-refractivity contribution in [2.45, 2.75) is 12.0 Å². The number of amides is 3. The third-order valence-corrected chi connectivity index (χ3v) is 2.99. The van der Waals surface area contributed by atoms with Gasteiger partial charge in [-0.1, -0.05) is 18.2 Å². The Morgan fingerprint density at radius 1 is 1.37 bits per heavy atom. The van der Waals surface area contributed by atoms with Gasteiger partial charge in [0.05, 0.1) is 6.42 Å². The molecule has 1 aliphatic heterocycles. The van der Waals surface area contributed by atoms with Crippen LogP contribution in [0.4, 0.5) is 10.5 Å². The van der Waals surface area contributed by atoms with E-state index in [2.05, 4.69) is 16.0 Å². The fourth-order valence-electron chi connectivity index (χ4n) is 2.14. The number of hydrogen-bond acceptors (Lipinski definition) is 3. The van der Waals surface area contributed by atoms with E-state index in [4.69, 9.17) is 5.11 Å². The molecule has 100 valence electrons. The van der Waals surface area contributed by atoms with Gasteiger partial charge in [-0.25, -0.2) is 4.79 Å². The van der Waals surface area contributed by atoms with E-state index >= 15 is 0 Å². The van der Waals surface area contributed by atoms with E-state index in [1.807, 2.05) is 0 Å². The van der Waals surface area contributed by atoms with E-state index < -0.39 is 29.9 Å². The summed E-state index contributed by atoms with van der Waals surface area (Å²) >= 11 is 0. The lowest BCUT2D eigenvalue weighted by atomic mass is 9.88. The molecule has 3 amide bonds. The van der Waals surface area contributed by atoms with Crippen LogP contribution >= 0.6 is 0 Å². The molecule has 0 saturated carbocycles. The van der Waals surface area contributed by atoms with Gasteiger partial charge in [-0.15, -0.1) is 0 Å². The topological polar surface area (TPSA) is 108 Å². The van der Waals surface area contributed by atoms with Gasteiger partial charge in [0.15, 0.2) is 5.54 Å². The number of carbonyl (C=O) groups excluding carboxylic acids is 2. The molecule has 0 bridgehead atoms. The van der Waals surface area contributed by atoms with E-state index in [9.17, 15) is 14.4 Å². The van der Waals surface area contributed by atoms with Gasteiger partial charge >= 0.3 is 12.0 Å². The molecule has 19 heavy (non-hydrogen) atoms. The van der Waals surface area contributed by atoms with Crippen molar-refractivity contribution in [3.05, 3.63) is 29.8 Å². The standard InChI is InChI=1S/C12H13N3O4/c1-13-11(19)15-12(6-9(16)17)7-4-2-3-5-8(7)14-10(12)18/h2-5H,6H2,1H3,(H,14,18)(H,16,17)(H2,13,15,19). The summed E-state index contributed by atoms with van der Waals surface area (Å²) in [5.41, 5.74) is -0.626. The number of carbonyl (C=O) groups is 3. The smallest absolute Gasteiger partial charge is 0.315 e. The minimum atomic E-state index is -1.58. The molecular weight excluding hydrogens is 250 g/mol. The Hall–Kier alpha value is -2.57. The summed E-state index contributed by atoms with van der Waals surface area (Å²) in [5.74, 6) is -1.73. The number of hydrogen-bond donors (Lipinski definition) is 4. The van der Waals surface area contributed by atoms with Crippen molar-refractivity contribution in [1.82, 2.24) is 10.6 Å². The average molecular weight is 263 g/mol. The first-order chi connectivity index (χ1) is 8.99. The summed E-state index contributed by atoms with van der Waals surface area (Å²) in [7, 11) is 1.39. The van der Waals surface area contributed by atoms with Gasteiger partial charge in [-0.2, -0.15) is 0 Å². The van der Waals surface area contributed by atoms with Gasteiger partial charge in [-0.05, 0) is 6.07 Å². The Kier molecular flexibility index (Phi) is 3.12. The summed E-state index contributed by atoms with van der Waals surface area (Å²) in [6, 6.07) is 6.05. The first-order valence-corrected chi connectivity index (χ1v) is 5.62. The third-order valence-electron chi connectivity index (χ3n) is 2.99. The Morgan fingerprint density at radius 2 is 2.05 bits per heavy atom. The number of aliphatic carboxylic acids is 1. The van der Waals surface area contributed by atoms with E-state index in [0.29, 0.717) is 11.3 Å². The zero-order chi connectivity index (χ0) is 14.0. The zero-order valence-electron chi connectivity index (χ0n) is 10.2. The van der Waals surface area contributed by atoms with Crippen molar-refractivity contribution >= 4 is 23.6 Å². The van der Waals surface area contributed by atoms with Crippen molar-refractivity contribution in [3.8, 4) is 0 Å². The van der Waals surface area contributed by atoms with Crippen LogP contribution in [-0.2, 0) is 15.1 Å². The molecule has 4 N–H and O–H groups in total. The lowest BCUT2D eigenvalue weighted by Gasteiger charge is -2.26. The molecule has 0 spiro atoms. The predicted molar refractivity (Wildman–Crippen MR) is 66.6 cm³/mol. The molecule has 7 heteroatoms. The Bertz CT molecular complexity index is 558. The third kappa shape index (κ3) is 2.10. The first kappa shape index (κ1) is 12.9. The van der Waals surface area contributed by atoms with Crippen molar-refractivity contribution in [2.24, 2.45) is 0 Å². The van der Waals surface area contributed by atoms with Crippen LogP contribution in [0.15, 0.2) is 24.3 Å². The van der Waals surface area contributed by atoms with Crippen LogP contribution in [0.3, 0.4) is 0 Å². The molecule has 1 unspecified atom stereocenters. The Balaban J connectivity index is 2.51. The number of fused-ring (bicyclic) bond motifs is 1. The summed E-state index contributed by atoms with van der Waals surface area (Å²) in [6.07, 6.45) is -0.525. The predicted octanol–water partition coefficient (Wildman–Crippen LogP) is 0.238. The number of carboxylic acid groups (broad SMARTS) is 1. The van der Waals surface area contributed by atoms with Crippen LogP contribution in [0.5, 0.6) is 0 Å². The lowest BCUT2D eigenvalue weighted by molar-refractivity contribution is -0.141. The Labute approximate surface area is 109 Å². The van der Waals surface area contributed by atoms with Crippen LogP contribution in [0.1, 0.15) is 12.0 Å². The van der Waals surface area contributed by atoms with Crippen LogP contribution in [0, 0.1) is 0 Å². The highest BCUT2D eigenvalue weighted by Crippen LogP contribution is 2.38. The number of para-hydroxylation sites is 1. The molecule has 7 nitrogen and oxygen atoms in total. The van der Waals surface area contributed by atoms with Gasteiger partial charge in [0.25, 0.3) is 5.91 Å². The monoisotopic (exact) mass is 263 g/mol. The number of carboxylic acids is 1. The molecule has 1 aromatic rings. The van der Waals surface area contributed by atoms with Crippen LogP contribution < -0.4 is 16.0 Å². The largest absolute Gasteiger partial charge is 0.481 e. The van der Waals surface area contributed by atoms with Gasteiger partial charge in [0.2, 0.25) is 0 Å². The fourth-order valence-corrected chi connectivity index (χ4v) is 2.14. The lowest BCUT2D eigenvalue weighted by Crippen LogP contribution is -2.54. The molecule has 1 aliphatic rings. The van der Waals surface area contributed by atoms with E-state index in [-0.39, 0.29) is 0 Å². The fraction of sp³-hybridized carbons (Fsp3) is 0.250. The minimum absolute atomic E-state index is 0.450. The minimum Gasteiger partial charge on any atom is -0.481 e. The van der Waals surface area contributed by atoms with Crippen molar-refractivity contribution in [2.75, 3.05) is 12.4 Å². The summed E-state index contributed by atoms with van der Waals surface area (Å²) in [5, 5.41) is 16.3. The highest BCUT2D eigenvalue weighted by molar-refractivity contribution is 6.09. The maximum Gasteiger partial charge on any atom is 0.315 e. The van der Waals surface area contributed by atoms with E-state index in [0.717, 1.165) is 0 Å². The number of rotatable bonds is 3. The quantitative estimate of drug-likeness (QED) is 0.626. The molecule has 0 radical (unpaired) electrons. The maximum absolute atomic E-state index is 12.1. The SMILES string of the molecule is CNC(=O)NC1(CC(=O)O)C(=O)Nc2ccccc21. The van der Waals surface area contributed by atoms with Crippen LogP contribution in [-0.4, -0.2) is 30.1 Å². The number of benzene rings is 1. The second kappa shape index (κ2) is 4.60. The molecule has 0 aromatic heterocycles. The number of nitrogens with one attached hydrogen (secondary N) is 3. The van der Waals surface area contributed by atoms with E-state index in [1.54, 1.807) is 24.3 Å². The molecule has 0 fully saturated rings. The van der Waals surface area contributed by atoms with Crippen molar-refractivity contribution in [1.29, 1.82) is 0 Å². The van der Waals surface area contributed by atoms with Gasteiger partial charge in [-0.3, -0.25) is 9.59 Å². The molecule has 1 heterocycles. The first-order valence-electron chi connectivity index (χ1n) is 5.62. The highest BCUT2D eigenvalue weighted by atomic mass is 16.4. The molecule has 1 aromatic carbocycles. The number of urea groups is 1. The summed E-state index contributed by atoms with van der Waals surface area (Å²) < 4.78 is 0. The van der Waals surface area contributed by atoms with Gasteiger partial charge in [0, 0.05) is 18.3 Å². The summed E-state index contributed by atoms with van der Waals surface area (Å²) in [4.78, 5) is 34.7. The molecule has 0 aliphatic carbocycles. The van der Waals surface area contributed by atoms with Crippen LogP contribution in [0.25, 0.3) is 0 Å². The number of anilines is 1. The normalized spacial score (nSPS) is 20.4. The average Bonchev–Trinajstić information content (AvgIpc) is 2.62. The van der Waals surface area contributed by atoms with E-state index in [1.165, 1.54) is 7.05 Å². The van der Waals surface area contributed by atoms with Crippen molar-refractivity contribution < 1.29 is 19.5 Å². The molecule has 1 atom stereocenters. The zero-order valence-corrected chi connectivity index (χ0v) is 10.2. The van der Waals surface area contributed by atoms with Crippen molar-refractivity contribution in [3.63, 3.8) is 0 Å². The van der Waals surface area contributed by atoms with Gasteiger partial charge < -0.3 is 21.1 Å². The maximum atomic E-state index is 12.1. The van der Waals surface area contributed by atoms with Crippen LogP contribution in [0.2, 0.25) is 0 Å². The van der Waals surface area contributed by atoms with Gasteiger partial charge in [0.1, 0.15) is 0 Å². The highest BCUT2D eigenvalue weighted by Gasteiger charge is 2.49.